The molecule has 2 heterocycles. The van der Waals surface area contributed by atoms with Crippen LogP contribution in [0.1, 0.15) is 19.3 Å². The summed E-state index contributed by atoms with van der Waals surface area (Å²) in [7, 11) is 0. The van der Waals surface area contributed by atoms with Gasteiger partial charge in [-0.15, -0.1) is 12.4 Å². The van der Waals surface area contributed by atoms with E-state index in [1.807, 2.05) is 0 Å². The average Bonchev–Trinajstić information content (AvgIpc) is 2.29. The number of rotatable bonds is 2. The van der Waals surface area contributed by atoms with Gasteiger partial charge in [-0.25, -0.2) is 9.97 Å². The van der Waals surface area contributed by atoms with Crippen molar-refractivity contribution in [3.05, 3.63) is 17.4 Å². The first-order valence-electron chi connectivity index (χ1n) is 5.26. The number of aromatic nitrogens is 2. The molecule has 0 radical (unpaired) electrons. The van der Waals surface area contributed by atoms with Crippen LogP contribution >= 0.6 is 24.0 Å². The zero-order valence-electron chi connectivity index (χ0n) is 8.97. The molecule has 0 aromatic carbocycles. The number of hydrogen-bond acceptors (Lipinski definition) is 4. The molecular formula is C10H16Cl2N4. The molecule has 1 aromatic heterocycles. The number of anilines is 1. The Kier molecular flexibility index (Phi) is 5.25. The van der Waals surface area contributed by atoms with Crippen LogP contribution in [0.2, 0.25) is 5.15 Å². The minimum Gasteiger partial charge on any atom is -0.337 e. The van der Waals surface area contributed by atoms with Crippen molar-refractivity contribution in [2.24, 2.45) is 5.73 Å². The third-order valence-electron chi connectivity index (χ3n) is 2.76. The Morgan fingerprint density at radius 2 is 2.31 bits per heavy atom. The fourth-order valence-electron chi connectivity index (χ4n) is 1.97. The molecule has 4 nitrogen and oxygen atoms in total. The summed E-state index contributed by atoms with van der Waals surface area (Å²) in [6.07, 6.45) is 5.21. The highest BCUT2D eigenvalue weighted by atomic mass is 35.5. The van der Waals surface area contributed by atoms with E-state index in [2.05, 4.69) is 14.9 Å². The molecule has 1 fully saturated rings. The summed E-state index contributed by atoms with van der Waals surface area (Å²) in [5, 5.41) is 0.487. The molecule has 90 valence electrons. The molecule has 1 aliphatic heterocycles. The molecule has 2 rings (SSSR count). The summed E-state index contributed by atoms with van der Waals surface area (Å²) < 4.78 is 0. The Balaban J connectivity index is 0.00000128. The fraction of sp³-hybridized carbons (Fsp3) is 0.600. The molecule has 0 spiro atoms. The first-order valence-corrected chi connectivity index (χ1v) is 5.64. The number of hydrogen-bond donors (Lipinski definition) is 1. The van der Waals surface area contributed by atoms with Crippen molar-refractivity contribution in [1.29, 1.82) is 0 Å². The molecule has 16 heavy (non-hydrogen) atoms. The first kappa shape index (κ1) is 13.5. The molecule has 0 aliphatic carbocycles. The van der Waals surface area contributed by atoms with Crippen LogP contribution in [-0.4, -0.2) is 29.1 Å². The smallest absolute Gasteiger partial charge is 0.227 e. The lowest BCUT2D eigenvalue weighted by Gasteiger charge is -2.34. The van der Waals surface area contributed by atoms with E-state index in [-0.39, 0.29) is 12.4 Å². The van der Waals surface area contributed by atoms with Crippen molar-refractivity contribution >= 4 is 30.0 Å². The molecule has 1 unspecified atom stereocenters. The van der Waals surface area contributed by atoms with Gasteiger partial charge in [0.15, 0.2) is 0 Å². The predicted octanol–water partition coefficient (Wildman–Crippen LogP) is 1.87. The van der Waals surface area contributed by atoms with Gasteiger partial charge in [-0.1, -0.05) is 11.6 Å². The molecule has 1 aliphatic rings. The van der Waals surface area contributed by atoms with Gasteiger partial charge in [-0.05, 0) is 25.3 Å². The average molecular weight is 263 g/mol. The van der Waals surface area contributed by atoms with Gasteiger partial charge in [-0.2, -0.15) is 0 Å². The van der Waals surface area contributed by atoms with Crippen molar-refractivity contribution in [3.8, 4) is 0 Å². The maximum Gasteiger partial charge on any atom is 0.227 e. The number of nitrogens with two attached hydrogens (primary N) is 1. The zero-order chi connectivity index (χ0) is 10.7. The Morgan fingerprint density at radius 3 is 3.00 bits per heavy atom. The van der Waals surface area contributed by atoms with E-state index in [9.17, 15) is 0 Å². The molecule has 0 amide bonds. The van der Waals surface area contributed by atoms with Gasteiger partial charge < -0.3 is 10.6 Å². The van der Waals surface area contributed by atoms with Crippen molar-refractivity contribution in [1.82, 2.24) is 9.97 Å². The van der Waals surface area contributed by atoms with E-state index < -0.39 is 0 Å². The zero-order valence-corrected chi connectivity index (χ0v) is 10.5. The maximum absolute atomic E-state index is 5.85. The Hall–Kier alpha value is -0.580. The highest BCUT2D eigenvalue weighted by Crippen LogP contribution is 2.21. The van der Waals surface area contributed by atoms with Gasteiger partial charge in [0.25, 0.3) is 0 Å². The third-order valence-corrected chi connectivity index (χ3v) is 2.98. The summed E-state index contributed by atoms with van der Waals surface area (Å²) in [6, 6.07) is 2.05. The van der Waals surface area contributed by atoms with Crippen LogP contribution < -0.4 is 10.6 Å². The van der Waals surface area contributed by atoms with Crippen LogP contribution in [-0.2, 0) is 0 Å². The van der Waals surface area contributed by atoms with E-state index in [0.29, 0.717) is 23.7 Å². The van der Waals surface area contributed by atoms with Gasteiger partial charge in [0.1, 0.15) is 5.15 Å². The lowest BCUT2D eigenvalue weighted by Crippen LogP contribution is -2.45. The van der Waals surface area contributed by atoms with Gasteiger partial charge in [-0.3, -0.25) is 0 Å². The van der Waals surface area contributed by atoms with Gasteiger partial charge >= 0.3 is 0 Å². The van der Waals surface area contributed by atoms with E-state index in [1.165, 1.54) is 12.8 Å². The van der Waals surface area contributed by atoms with Crippen LogP contribution in [0.25, 0.3) is 0 Å². The van der Waals surface area contributed by atoms with Crippen LogP contribution in [0, 0.1) is 0 Å². The summed E-state index contributed by atoms with van der Waals surface area (Å²) in [4.78, 5) is 10.6. The lowest BCUT2D eigenvalue weighted by atomic mass is 10.0. The quantitative estimate of drug-likeness (QED) is 0.827. The highest BCUT2D eigenvalue weighted by Gasteiger charge is 2.23. The first-order chi connectivity index (χ1) is 7.31. The van der Waals surface area contributed by atoms with E-state index in [4.69, 9.17) is 17.3 Å². The number of piperidine rings is 1. The van der Waals surface area contributed by atoms with Crippen LogP contribution in [0.5, 0.6) is 0 Å². The Labute approximate surface area is 107 Å². The summed E-state index contributed by atoms with van der Waals surface area (Å²) in [6.45, 7) is 1.62. The Morgan fingerprint density at radius 1 is 1.50 bits per heavy atom. The molecule has 0 saturated carbocycles. The highest BCUT2D eigenvalue weighted by molar-refractivity contribution is 6.29. The number of nitrogens with zero attached hydrogens (tertiary/aromatic N) is 3. The number of halogens is 2. The van der Waals surface area contributed by atoms with E-state index in [0.717, 1.165) is 13.0 Å². The predicted molar refractivity (Wildman–Crippen MR) is 68.3 cm³/mol. The van der Waals surface area contributed by atoms with Gasteiger partial charge in [0, 0.05) is 25.3 Å². The SMILES string of the molecule is Cl.NCC1CCCCN1c1nccc(Cl)n1. The topological polar surface area (TPSA) is 55.0 Å². The van der Waals surface area contributed by atoms with Crippen molar-refractivity contribution < 1.29 is 0 Å². The summed E-state index contributed by atoms with van der Waals surface area (Å²) in [5.41, 5.74) is 5.74. The molecule has 0 bridgehead atoms. The lowest BCUT2D eigenvalue weighted by molar-refractivity contribution is 0.458. The molecule has 2 N–H and O–H groups in total. The second-order valence-corrected chi connectivity index (χ2v) is 4.15. The molecular weight excluding hydrogens is 247 g/mol. The molecule has 6 heteroatoms. The minimum absolute atomic E-state index is 0. The van der Waals surface area contributed by atoms with E-state index in [1.54, 1.807) is 12.3 Å². The van der Waals surface area contributed by atoms with Crippen LogP contribution in [0.3, 0.4) is 0 Å². The van der Waals surface area contributed by atoms with Crippen LogP contribution in [0.15, 0.2) is 12.3 Å². The monoisotopic (exact) mass is 262 g/mol. The molecule has 1 atom stereocenters. The van der Waals surface area contributed by atoms with Crippen LogP contribution in [0.4, 0.5) is 5.95 Å². The molecule has 1 aromatic rings. The van der Waals surface area contributed by atoms with Crippen molar-refractivity contribution in [3.63, 3.8) is 0 Å². The summed E-state index contributed by atoms with van der Waals surface area (Å²) in [5.74, 6) is 0.706. The Bertz CT molecular complexity index is 334. The fourth-order valence-corrected chi connectivity index (χ4v) is 2.11. The second-order valence-electron chi connectivity index (χ2n) is 3.76. The normalized spacial score (nSPS) is 20.4. The van der Waals surface area contributed by atoms with Crippen molar-refractivity contribution in [2.45, 2.75) is 25.3 Å². The standard InChI is InChI=1S/C10H15ClN4.ClH/c11-9-4-5-13-10(14-9)15-6-2-1-3-8(15)7-12;/h4-5,8H,1-3,6-7,12H2;1H. The molecule has 1 saturated heterocycles. The maximum atomic E-state index is 5.85. The van der Waals surface area contributed by atoms with Gasteiger partial charge in [0.2, 0.25) is 5.95 Å². The van der Waals surface area contributed by atoms with E-state index >= 15 is 0 Å². The summed E-state index contributed by atoms with van der Waals surface area (Å²) >= 11 is 5.85. The minimum atomic E-state index is 0. The third kappa shape index (κ3) is 2.97. The second kappa shape index (κ2) is 6.23. The van der Waals surface area contributed by atoms with Crippen molar-refractivity contribution in [2.75, 3.05) is 18.0 Å². The van der Waals surface area contributed by atoms with Gasteiger partial charge in [0.05, 0.1) is 0 Å². The largest absolute Gasteiger partial charge is 0.337 e.